The summed E-state index contributed by atoms with van der Waals surface area (Å²) in [5, 5.41) is 0. The molecule has 0 aromatic rings. The maximum atomic E-state index is 9.89. The van der Waals surface area contributed by atoms with Crippen molar-refractivity contribution < 1.29 is 4.79 Å². The molecule has 1 heteroatoms. The first-order chi connectivity index (χ1) is 2.77. The molecule has 0 aliphatic carbocycles. The minimum Gasteiger partial charge on any atom is -0.294 e. The van der Waals surface area contributed by atoms with Gasteiger partial charge in [0.2, 0.25) is 0 Å². The van der Waals surface area contributed by atoms with Gasteiger partial charge in [0.1, 0.15) is 0 Å². The van der Waals surface area contributed by atoms with Crippen LogP contribution in [-0.4, -0.2) is 5.78 Å². The maximum Gasteiger partial charge on any atom is 0.160 e. The molecule has 1 nitrogen and oxygen atoms in total. The van der Waals surface area contributed by atoms with Gasteiger partial charge in [-0.25, -0.2) is 0 Å². The van der Waals surface area contributed by atoms with Gasteiger partial charge in [0.15, 0.2) is 5.78 Å². The van der Waals surface area contributed by atoms with E-state index in [1.54, 1.807) is 0 Å². The monoisotopic (exact) mass is 106 g/mol. The molecule has 0 saturated heterocycles. The summed E-state index contributed by atoms with van der Waals surface area (Å²) in [7, 11) is 0. The zero-order valence-electron chi connectivity index (χ0n) is 4.69. The fourth-order valence-electron chi connectivity index (χ4n) is 0.144. The molecule has 0 aromatic heterocycles. The van der Waals surface area contributed by atoms with Crippen molar-refractivity contribution in [3.8, 4) is 0 Å². The SMILES string of the molecule is C=C=CC(C)=O.[C].[C]. The third-order valence-corrected chi connectivity index (χ3v) is 0.305. The number of hydrogen-bond donors (Lipinski definition) is 0. The van der Waals surface area contributed by atoms with Crippen molar-refractivity contribution in [3.05, 3.63) is 33.2 Å². The Bertz CT molecular complexity index is 97.0. The van der Waals surface area contributed by atoms with E-state index in [0.29, 0.717) is 0 Å². The van der Waals surface area contributed by atoms with E-state index in [-0.39, 0.29) is 20.6 Å². The predicted octanol–water partition coefficient (Wildman–Crippen LogP) is 1.08. The van der Waals surface area contributed by atoms with Gasteiger partial charge in [-0.3, -0.25) is 4.79 Å². The molecule has 0 N–H and O–H groups in total. The molecule has 0 aliphatic heterocycles. The van der Waals surface area contributed by atoms with Crippen molar-refractivity contribution in [1.29, 1.82) is 0 Å². The van der Waals surface area contributed by atoms with Gasteiger partial charge < -0.3 is 0 Å². The minimum atomic E-state index is -0.00926. The van der Waals surface area contributed by atoms with Gasteiger partial charge in [0.25, 0.3) is 0 Å². The summed E-state index contributed by atoms with van der Waals surface area (Å²) >= 11 is 0. The Kier molecular flexibility index (Phi) is 18.6. The summed E-state index contributed by atoms with van der Waals surface area (Å²) in [5.74, 6) is -0.00926. The first kappa shape index (κ1) is 15.7. The molecule has 0 rings (SSSR count). The average molecular weight is 106 g/mol. The van der Waals surface area contributed by atoms with E-state index in [9.17, 15) is 4.79 Å². The smallest absolute Gasteiger partial charge is 0.160 e. The van der Waals surface area contributed by atoms with Crippen LogP contribution in [0.1, 0.15) is 6.92 Å². The van der Waals surface area contributed by atoms with Crippen LogP contribution < -0.4 is 0 Å². The van der Waals surface area contributed by atoms with E-state index in [4.69, 9.17) is 0 Å². The topological polar surface area (TPSA) is 17.1 Å². The molecule has 0 atom stereocenters. The second-order valence-corrected chi connectivity index (χ2v) is 0.959. The van der Waals surface area contributed by atoms with Crippen molar-refractivity contribution in [2.24, 2.45) is 0 Å². The number of carbonyl (C=O) groups excluding carboxylic acids is 1. The van der Waals surface area contributed by atoms with Gasteiger partial charge in [-0.15, -0.1) is 5.73 Å². The lowest BCUT2D eigenvalue weighted by atomic mass is 10.4. The molecule has 40 valence electrons. The van der Waals surface area contributed by atoms with Gasteiger partial charge in [0, 0.05) is 20.9 Å². The third-order valence-electron chi connectivity index (χ3n) is 0.305. The van der Waals surface area contributed by atoms with Crippen molar-refractivity contribution >= 4 is 5.78 Å². The third kappa shape index (κ3) is 19.0. The number of rotatable bonds is 1. The summed E-state index contributed by atoms with van der Waals surface area (Å²) < 4.78 is 0. The molecule has 8 heavy (non-hydrogen) atoms. The van der Waals surface area contributed by atoms with E-state index in [0.717, 1.165) is 0 Å². The van der Waals surface area contributed by atoms with Crippen LogP contribution in [0.4, 0.5) is 0 Å². The lowest BCUT2D eigenvalue weighted by Crippen LogP contribution is -1.75. The maximum absolute atomic E-state index is 9.89. The van der Waals surface area contributed by atoms with Crippen LogP contribution in [0.2, 0.25) is 0 Å². The Morgan fingerprint density at radius 2 is 2.00 bits per heavy atom. The van der Waals surface area contributed by atoms with Crippen molar-refractivity contribution in [2.45, 2.75) is 6.92 Å². The Morgan fingerprint density at radius 3 is 2.00 bits per heavy atom. The fraction of sp³-hybridized carbons (Fsp3) is 0.143. The van der Waals surface area contributed by atoms with Crippen LogP contribution in [0.15, 0.2) is 18.4 Å². The van der Waals surface area contributed by atoms with Gasteiger partial charge in [-0.1, -0.05) is 6.58 Å². The van der Waals surface area contributed by atoms with Gasteiger partial charge in [0.05, 0.1) is 0 Å². The summed E-state index contributed by atoms with van der Waals surface area (Å²) in [4.78, 5) is 9.89. The first-order valence-electron chi connectivity index (χ1n) is 1.64. The molecule has 0 spiro atoms. The number of carbonyl (C=O) groups is 1. The second-order valence-electron chi connectivity index (χ2n) is 0.959. The van der Waals surface area contributed by atoms with Crippen LogP contribution in [0.25, 0.3) is 0 Å². The number of allylic oxidation sites excluding steroid dienone is 1. The van der Waals surface area contributed by atoms with Gasteiger partial charge in [-0.05, 0) is 6.92 Å². The highest BCUT2D eigenvalue weighted by molar-refractivity contribution is 5.86. The van der Waals surface area contributed by atoms with Crippen LogP contribution in [-0.2, 0) is 4.79 Å². The lowest BCUT2D eigenvalue weighted by molar-refractivity contribution is -0.112. The Hall–Kier alpha value is -0.810. The van der Waals surface area contributed by atoms with Crippen molar-refractivity contribution in [2.75, 3.05) is 0 Å². The highest BCUT2D eigenvalue weighted by Gasteiger charge is 1.72. The molecule has 0 fully saturated rings. The van der Waals surface area contributed by atoms with E-state index >= 15 is 0 Å². The molecular weight excluding hydrogens is 100 g/mol. The fourth-order valence-corrected chi connectivity index (χ4v) is 0.144. The second kappa shape index (κ2) is 9.50. The first-order valence-corrected chi connectivity index (χ1v) is 1.64. The summed E-state index contributed by atoms with van der Waals surface area (Å²) in [5.41, 5.74) is 2.34. The molecule has 0 unspecified atom stereocenters. The molecule has 0 aromatic carbocycles. The molecule has 0 heterocycles. The molecule has 8 radical (unpaired) electrons. The van der Waals surface area contributed by atoms with Crippen LogP contribution in [0, 0.1) is 14.9 Å². The summed E-state index contributed by atoms with van der Waals surface area (Å²) in [6, 6.07) is 0. The molecule has 0 saturated carbocycles. The van der Waals surface area contributed by atoms with Crippen molar-refractivity contribution in [3.63, 3.8) is 0 Å². The highest BCUT2D eigenvalue weighted by Crippen LogP contribution is 1.64. The lowest BCUT2D eigenvalue weighted by Gasteiger charge is -1.63. The standard InChI is InChI=1S/C5H6O.2C/c1-3-4-5(2)6;;/h4H,1H2,2H3;;. The zero-order chi connectivity index (χ0) is 4.99. The van der Waals surface area contributed by atoms with E-state index < -0.39 is 0 Å². The van der Waals surface area contributed by atoms with Crippen LogP contribution >= 0.6 is 0 Å². The predicted molar refractivity (Wildman–Crippen MR) is 30.9 cm³/mol. The summed E-state index contributed by atoms with van der Waals surface area (Å²) in [6.45, 7) is 4.66. The van der Waals surface area contributed by atoms with E-state index in [2.05, 4.69) is 12.3 Å². The van der Waals surface area contributed by atoms with Crippen LogP contribution in [0.5, 0.6) is 0 Å². The quantitative estimate of drug-likeness (QED) is 0.361. The Balaban J connectivity index is -0.000000125. The number of hydrogen-bond acceptors (Lipinski definition) is 1. The molecular formula is C7H6O. The minimum absolute atomic E-state index is 0. The Labute approximate surface area is 51.7 Å². The molecule has 0 bridgehead atoms. The normalized spacial score (nSPS) is 4.62. The molecule has 0 aliphatic rings. The number of ketones is 1. The van der Waals surface area contributed by atoms with Crippen molar-refractivity contribution in [1.82, 2.24) is 0 Å². The summed E-state index contributed by atoms with van der Waals surface area (Å²) in [6.07, 6.45) is 1.29. The van der Waals surface area contributed by atoms with Crippen LogP contribution in [0.3, 0.4) is 0 Å². The highest BCUT2D eigenvalue weighted by atomic mass is 16.1. The Morgan fingerprint density at radius 1 is 1.62 bits per heavy atom. The largest absolute Gasteiger partial charge is 0.294 e. The average Bonchev–Trinajstić information content (AvgIpc) is 1.35. The van der Waals surface area contributed by atoms with Gasteiger partial charge in [-0.2, -0.15) is 0 Å². The zero-order valence-corrected chi connectivity index (χ0v) is 4.69. The van der Waals surface area contributed by atoms with E-state index in [1.165, 1.54) is 13.0 Å². The van der Waals surface area contributed by atoms with E-state index in [1.807, 2.05) is 0 Å². The van der Waals surface area contributed by atoms with Gasteiger partial charge >= 0.3 is 0 Å². The molecule has 0 amide bonds.